The normalized spacial score (nSPS) is 12.0. The van der Waals surface area contributed by atoms with E-state index >= 15 is 158 Å². The lowest BCUT2D eigenvalue weighted by Crippen LogP contribution is -2.81. The molecule has 0 unspecified atom stereocenters. The fourth-order valence-corrected chi connectivity index (χ4v) is 13.4. The van der Waals surface area contributed by atoms with Crippen LogP contribution in [0, 0.1) is 302 Å². The zero-order valence-corrected chi connectivity index (χ0v) is 56.2. The van der Waals surface area contributed by atoms with Gasteiger partial charge in [0.2, 0.25) is 23.3 Å². The molecule has 12 aromatic rings. The fourth-order valence-electron chi connectivity index (χ4n) is 13.4. The largest absolute Gasteiger partial charge is 0.207 e. The standard InChI is InChI=1S/C72BF52/c74-21-1(3-25(78)33(86)7(34(87)26(3)79)13-45(98)61(114)69(122)62(115)46(13)99)22(75)30(83)5(29(21)82)9-37(90)53(106)17(54(107)38(9)91)73(19-57(110)41(94)11(42(95)58(19)111)15-49(102)65(118)71(124)66(119)50(15)103,20-59(112)43(96)12(44(97)60(20)113)16-51(104)67(120)72(125)68(121)52(16)105)18-55(108)39(92)10(40(93)56(18)109)6-31(84)23(76)2(24(77)32(6)85)4-27(80)35(88)8(36(89)28(4)81)14-47(100)63(116)70(123)64(117)48(14)101/q-1. The summed E-state index contributed by atoms with van der Waals surface area (Å²) in [6.07, 6.45) is -9.15. The van der Waals surface area contributed by atoms with E-state index in [1.54, 1.807) is 0 Å². The topological polar surface area (TPSA) is 0 Å². The van der Waals surface area contributed by atoms with E-state index in [0.29, 0.717) is 0 Å². The minimum atomic E-state index is -9.15. The highest BCUT2D eigenvalue weighted by molar-refractivity contribution is 7.20. The van der Waals surface area contributed by atoms with E-state index in [2.05, 4.69) is 0 Å². The van der Waals surface area contributed by atoms with Crippen molar-refractivity contribution >= 4 is 28.0 Å². The van der Waals surface area contributed by atoms with E-state index in [-0.39, 0.29) is 0 Å². The van der Waals surface area contributed by atoms with Crippen LogP contribution in [0.25, 0.3) is 89.0 Å². The Kier molecular flexibility index (Phi) is 22.5. The van der Waals surface area contributed by atoms with E-state index < -0.39 is 420 Å². The molecule has 0 heterocycles. The molecule has 656 valence electrons. The van der Waals surface area contributed by atoms with Gasteiger partial charge in [0.25, 0.3) is 0 Å². The summed E-state index contributed by atoms with van der Waals surface area (Å²) in [6.45, 7) is 0. The summed E-state index contributed by atoms with van der Waals surface area (Å²) in [5.74, 6) is -212. The number of hydrogen-bond donors (Lipinski definition) is 0. The van der Waals surface area contributed by atoms with Gasteiger partial charge < -0.3 is 0 Å². The first-order valence-corrected chi connectivity index (χ1v) is 31.0. The van der Waals surface area contributed by atoms with Gasteiger partial charge >= 0.3 is 0 Å². The first kappa shape index (κ1) is 91.3. The maximum absolute atomic E-state index is 18.2. The van der Waals surface area contributed by atoms with Gasteiger partial charge in [-0.05, 0) is 0 Å². The smallest absolute Gasteiger partial charge is 0.200 e. The van der Waals surface area contributed by atoms with Crippen LogP contribution < -0.4 is 21.9 Å². The third kappa shape index (κ3) is 12.1. The third-order valence-electron chi connectivity index (χ3n) is 18.8. The minimum Gasteiger partial charge on any atom is -0.207 e. The second kappa shape index (κ2) is 30.8. The Morgan fingerprint density at radius 3 is 0.184 bits per heavy atom. The monoisotopic (exact) mass is 1860 g/mol. The second-order valence-corrected chi connectivity index (χ2v) is 24.8. The Labute approximate surface area is 646 Å². The molecule has 0 N–H and O–H groups in total. The van der Waals surface area contributed by atoms with Crippen LogP contribution in [0.1, 0.15) is 0 Å². The molecular formula is C72BF52-. The van der Waals surface area contributed by atoms with Crippen molar-refractivity contribution in [2.45, 2.75) is 0 Å². The third-order valence-corrected chi connectivity index (χ3v) is 18.8. The Hall–Kier alpha value is -12.9. The van der Waals surface area contributed by atoms with Gasteiger partial charge in [0.05, 0.1) is 89.0 Å². The van der Waals surface area contributed by atoms with Crippen molar-refractivity contribution in [3.05, 3.63) is 302 Å². The Morgan fingerprint density at radius 2 is 0.112 bits per heavy atom. The van der Waals surface area contributed by atoms with Crippen molar-refractivity contribution in [1.29, 1.82) is 0 Å². The summed E-state index contributed by atoms with van der Waals surface area (Å²) >= 11 is 0. The zero-order valence-electron chi connectivity index (χ0n) is 56.2. The molecule has 125 heavy (non-hydrogen) atoms. The molecule has 0 saturated carbocycles. The van der Waals surface area contributed by atoms with Crippen molar-refractivity contribution < 1.29 is 228 Å². The van der Waals surface area contributed by atoms with Crippen LogP contribution in [0.2, 0.25) is 0 Å². The lowest BCUT2D eigenvalue weighted by molar-refractivity contribution is 0.379. The number of rotatable bonds is 12. The molecular weight excluding hydrogens is 1860 g/mol. The average Bonchev–Trinajstić information content (AvgIpc) is 0.671. The summed E-state index contributed by atoms with van der Waals surface area (Å²) in [7, 11) is 0. The lowest BCUT2D eigenvalue weighted by Gasteiger charge is -2.45. The molecule has 0 atom stereocenters. The molecule has 0 bridgehead atoms. The van der Waals surface area contributed by atoms with Crippen molar-refractivity contribution in [2.24, 2.45) is 0 Å². The predicted octanol–water partition coefficient (Wildman–Crippen LogP) is 23.6. The van der Waals surface area contributed by atoms with Crippen LogP contribution in [-0.4, -0.2) is 6.15 Å². The van der Waals surface area contributed by atoms with Gasteiger partial charge in [-0.15, -0.1) is 21.9 Å². The first-order chi connectivity index (χ1) is 57.8. The fraction of sp³-hybridized carbons (Fsp3) is 0. The molecule has 53 heteroatoms. The van der Waals surface area contributed by atoms with Crippen LogP contribution in [0.5, 0.6) is 0 Å². The molecule has 12 rings (SSSR count). The van der Waals surface area contributed by atoms with Gasteiger partial charge in [-0.2, -0.15) is 0 Å². The lowest BCUT2D eigenvalue weighted by atomic mass is 9.12. The van der Waals surface area contributed by atoms with Gasteiger partial charge in [-0.25, -0.2) is 228 Å². The van der Waals surface area contributed by atoms with Crippen molar-refractivity contribution in [1.82, 2.24) is 0 Å². The molecule has 0 saturated heterocycles. The van der Waals surface area contributed by atoms with Crippen LogP contribution in [-0.2, 0) is 0 Å². The highest BCUT2D eigenvalue weighted by atomic mass is 19.2. The number of hydrogen-bond acceptors (Lipinski definition) is 0. The molecule has 0 aromatic heterocycles. The van der Waals surface area contributed by atoms with E-state index in [1.165, 1.54) is 0 Å². The average molecular weight is 1860 g/mol. The second-order valence-electron chi connectivity index (χ2n) is 24.8. The predicted molar refractivity (Wildman–Crippen MR) is 311 cm³/mol. The summed E-state index contributed by atoms with van der Waals surface area (Å²) in [5.41, 5.74) is -77.8. The summed E-state index contributed by atoms with van der Waals surface area (Å²) < 4.78 is 836. The van der Waals surface area contributed by atoms with Crippen LogP contribution in [0.3, 0.4) is 0 Å². The molecule has 0 aliphatic rings. The molecule has 0 fully saturated rings. The Balaban J connectivity index is 1.27. The molecule has 0 nitrogen and oxygen atoms in total. The van der Waals surface area contributed by atoms with E-state index in [1.807, 2.05) is 0 Å². The van der Waals surface area contributed by atoms with Crippen molar-refractivity contribution in [3.8, 4) is 89.0 Å². The van der Waals surface area contributed by atoms with E-state index in [4.69, 9.17) is 0 Å². The molecule has 0 amide bonds. The summed E-state index contributed by atoms with van der Waals surface area (Å²) in [5, 5.41) is 0. The van der Waals surface area contributed by atoms with Crippen LogP contribution in [0.4, 0.5) is 228 Å². The van der Waals surface area contributed by atoms with Gasteiger partial charge in [0.1, 0.15) is 52.7 Å². The maximum Gasteiger partial charge on any atom is 0.200 e. The van der Waals surface area contributed by atoms with Gasteiger partial charge in [-0.3, -0.25) is 0 Å². The molecule has 0 spiro atoms. The van der Waals surface area contributed by atoms with E-state index in [0.717, 1.165) is 0 Å². The van der Waals surface area contributed by atoms with Crippen molar-refractivity contribution in [2.75, 3.05) is 0 Å². The summed E-state index contributed by atoms with van der Waals surface area (Å²) in [4.78, 5) is 0. The molecule has 12 aromatic carbocycles. The van der Waals surface area contributed by atoms with Gasteiger partial charge in [0, 0.05) is 0 Å². The number of halogens is 52. The van der Waals surface area contributed by atoms with E-state index in [9.17, 15) is 70.2 Å². The molecule has 0 aliphatic carbocycles. The first-order valence-electron chi connectivity index (χ1n) is 31.0. The Morgan fingerprint density at radius 1 is 0.0640 bits per heavy atom. The maximum atomic E-state index is 18.2. The number of benzene rings is 12. The van der Waals surface area contributed by atoms with Gasteiger partial charge in [0.15, 0.2) is 233 Å². The zero-order chi connectivity index (χ0) is 94.1. The van der Waals surface area contributed by atoms with Crippen LogP contribution in [0.15, 0.2) is 0 Å². The van der Waals surface area contributed by atoms with Gasteiger partial charge in [-0.1, -0.05) is 0 Å². The highest BCUT2D eigenvalue weighted by Crippen LogP contribution is 2.51. The highest BCUT2D eigenvalue weighted by Gasteiger charge is 2.55. The Bertz CT molecular complexity index is 6230. The summed E-state index contributed by atoms with van der Waals surface area (Å²) in [6, 6.07) is 0. The molecule has 0 aliphatic heterocycles. The SMILES string of the molecule is Fc1c(F)c(F)c(-c2c(F)c(F)c(-c3c(F)c(F)c(-c4c(F)c(F)c([B-](c5c(F)c(F)c(-c6c(F)c(F)c(F)c(F)c6F)c(F)c5F)(c5c(F)c(F)c(-c6c(F)c(F)c(F)c(F)c6F)c(F)c5F)c5c(F)c(F)c(-c6c(F)c(F)c(-c7c(F)c(F)c(-c8c(F)c(F)c(F)c(F)c8F)c(F)c7F)c(F)c6F)c(F)c5F)c(F)c4F)c(F)c3F)c(F)c2F)c(F)c1F. The minimum absolute atomic E-state index is 3.11. The molecule has 0 radical (unpaired) electrons. The quantitative estimate of drug-likeness (QED) is 0.0495. The van der Waals surface area contributed by atoms with Crippen molar-refractivity contribution in [3.63, 3.8) is 0 Å². The van der Waals surface area contributed by atoms with Crippen LogP contribution >= 0.6 is 0 Å².